The Balaban J connectivity index is 1.74. The number of amides is 2. The molecule has 2 atom stereocenters. The van der Waals surface area contributed by atoms with E-state index in [1.165, 1.54) is 14.2 Å². The van der Waals surface area contributed by atoms with Crippen LogP contribution in [0.2, 0.25) is 5.02 Å². The number of ether oxygens (including phenoxy) is 3. The molecule has 12 nitrogen and oxygen atoms in total. The number of nitrogens with one attached hydrogen (secondary N) is 3. The van der Waals surface area contributed by atoms with Gasteiger partial charge in [0, 0.05) is 50.1 Å². The number of carboxylic acids is 1. The molecule has 1 fully saturated rings. The molecular formula is C23H31ClIN5O7S. The third kappa shape index (κ3) is 6.96. The second-order valence-electron chi connectivity index (χ2n) is 8.70. The maximum atomic E-state index is 13.0. The van der Waals surface area contributed by atoms with Crippen molar-refractivity contribution in [2.45, 2.75) is 36.0 Å². The average molecular weight is 684 g/mol. The number of carboxylic acid groups (broad SMARTS) is 1. The van der Waals surface area contributed by atoms with Gasteiger partial charge in [0.25, 0.3) is 11.8 Å². The van der Waals surface area contributed by atoms with Crippen LogP contribution in [-0.2, 0) is 18.6 Å². The van der Waals surface area contributed by atoms with Gasteiger partial charge in [-0.3, -0.25) is 9.59 Å². The summed E-state index contributed by atoms with van der Waals surface area (Å²) in [4.78, 5) is 46.9. The van der Waals surface area contributed by atoms with Crippen LogP contribution in [0.5, 0.6) is 0 Å². The summed E-state index contributed by atoms with van der Waals surface area (Å²) in [6.45, 7) is 3.06. The fraction of sp³-hybridized carbons (Fsp3) is 0.565. The van der Waals surface area contributed by atoms with Crippen LogP contribution in [0.4, 0.5) is 5.13 Å². The van der Waals surface area contributed by atoms with E-state index in [0.29, 0.717) is 39.8 Å². The van der Waals surface area contributed by atoms with Gasteiger partial charge in [0.15, 0.2) is 10.8 Å². The molecule has 210 valence electrons. The summed E-state index contributed by atoms with van der Waals surface area (Å²) in [5.74, 6) is -2.19. The summed E-state index contributed by atoms with van der Waals surface area (Å²) in [5, 5.41) is 16.2. The largest absolute Gasteiger partial charge is 0.477 e. The Morgan fingerprint density at radius 2 is 1.95 bits per heavy atom. The van der Waals surface area contributed by atoms with Gasteiger partial charge in [-0.1, -0.05) is 45.5 Å². The predicted octanol–water partition coefficient (Wildman–Crippen LogP) is 2.48. The van der Waals surface area contributed by atoms with Crippen molar-refractivity contribution in [3.8, 4) is 0 Å². The number of aromatic carboxylic acids is 1. The molecule has 0 unspecified atom stereocenters. The first-order valence-corrected chi connectivity index (χ1v) is 14.4. The highest BCUT2D eigenvalue weighted by molar-refractivity contribution is 14.1. The van der Waals surface area contributed by atoms with Gasteiger partial charge in [-0.2, -0.15) is 0 Å². The smallest absolute Gasteiger partial charge is 0.348 e. The first kappa shape index (κ1) is 30.6. The van der Waals surface area contributed by atoms with Crippen molar-refractivity contribution in [2.75, 3.05) is 52.5 Å². The number of aromatic nitrogens is 2. The predicted molar refractivity (Wildman–Crippen MR) is 151 cm³/mol. The molecule has 1 aliphatic rings. The molecule has 2 aromatic rings. The lowest BCUT2D eigenvalue weighted by atomic mass is 10.0. The number of H-pyrrole nitrogens is 1. The first-order valence-electron chi connectivity index (χ1n) is 11.7. The second kappa shape index (κ2) is 13.9. The molecule has 0 bridgehead atoms. The average Bonchev–Trinajstić information content (AvgIpc) is 3.46. The molecule has 38 heavy (non-hydrogen) atoms. The maximum absolute atomic E-state index is 13.0. The summed E-state index contributed by atoms with van der Waals surface area (Å²) in [6.07, 6.45) is 0.0994. The lowest BCUT2D eigenvalue weighted by Gasteiger charge is -2.37. The number of hydrogen-bond donors (Lipinski definition) is 4. The van der Waals surface area contributed by atoms with Crippen molar-refractivity contribution < 1.29 is 33.7 Å². The molecule has 0 aromatic carbocycles. The molecule has 0 spiro atoms. The Hall–Kier alpha value is -1.98. The van der Waals surface area contributed by atoms with E-state index in [4.69, 9.17) is 25.8 Å². The zero-order chi connectivity index (χ0) is 28.0. The van der Waals surface area contributed by atoms with E-state index in [2.05, 4.69) is 43.2 Å². The van der Waals surface area contributed by atoms with Gasteiger partial charge in [-0.15, -0.1) is 0 Å². The summed E-state index contributed by atoms with van der Waals surface area (Å²) in [5.41, 5.74) is 1.88. The van der Waals surface area contributed by atoms with Crippen molar-refractivity contribution in [1.29, 1.82) is 0 Å². The minimum Gasteiger partial charge on any atom is -0.477 e. The van der Waals surface area contributed by atoms with E-state index in [1.54, 1.807) is 7.11 Å². The van der Waals surface area contributed by atoms with Gasteiger partial charge in [-0.05, 0) is 13.3 Å². The van der Waals surface area contributed by atoms with Crippen LogP contribution in [0.1, 0.15) is 48.3 Å². The number of hydrogen-bond acceptors (Lipinski definition) is 9. The summed E-state index contributed by atoms with van der Waals surface area (Å²) in [7, 11) is 4.53. The van der Waals surface area contributed by atoms with Gasteiger partial charge in [0.2, 0.25) is 0 Å². The fourth-order valence-corrected chi connectivity index (χ4v) is 6.67. The molecule has 3 heterocycles. The van der Waals surface area contributed by atoms with E-state index in [0.717, 1.165) is 22.6 Å². The number of piperidine rings is 1. The lowest BCUT2D eigenvalue weighted by Crippen LogP contribution is -2.55. The summed E-state index contributed by atoms with van der Waals surface area (Å²) >= 11 is 9.53. The normalized spacial score (nSPS) is 17.6. The molecular weight excluding hydrogens is 653 g/mol. The number of alkyl halides is 1. The fourth-order valence-electron chi connectivity index (χ4n) is 4.21. The molecule has 2 amide bonds. The second-order valence-corrected chi connectivity index (χ2v) is 10.8. The maximum Gasteiger partial charge on any atom is 0.348 e. The molecule has 0 saturated carbocycles. The molecule has 4 N–H and O–H groups in total. The molecule has 2 aromatic heterocycles. The lowest BCUT2D eigenvalue weighted by molar-refractivity contribution is 0.0540. The van der Waals surface area contributed by atoms with Crippen molar-refractivity contribution in [1.82, 2.24) is 20.6 Å². The van der Waals surface area contributed by atoms with Gasteiger partial charge >= 0.3 is 5.97 Å². The zero-order valence-electron chi connectivity index (χ0n) is 21.4. The summed E-state index contributed by atoms with van der Waals surface area (Å²) in [6, 6.07) is -0.775. The SMILES string of the molecule is COCC(COC)NC(=O)c1nc(N2CC[C@@H](NC(=O)c3[nH]c(C)c(CI)c3Cl)[C@@H](OC)C2)sc1C(=O)O. The van der Waals surface area contributed by atoms with Crippen LogP contribution in [-0.4, -0.2) is 98.7 Å². The minimum absolute atomic E-state index is 0.168. The Morgan fingerprint density at radius 3 is 2.50 bits per heavy atom. The van der Waals surface area contributed by atoms with Crippen LogP contribution in [0, 0.1) is 6.92 Å². The third-order valence-electron chi connectivity index (χ3n) is 6.16. The van der Waals surface area contributed by atoms with E-state index in [-0.39, 0.29) is 35.7 Å². The van der Waals surface area contributed by atoms with Crippen LogP contribution in [0.25, 0.3) is 0 Å². The van der Waals surface area contributed by atoms with Gasteiger partial charge in [0.05, 0.1) is 36.4 Å². The van der Waals surface area contributed by atoms with Crippen LogP contribution < -0.4 is 15.5 Å². The van der Waals surface area contributed by atoms with Gasteiger partial charge in [-0.25, -0.2) is 9.78 Å². The van der Waals surface area contributed by atoms with Crippen molar-refractivity contribution in [3.63, 3.8) is 0 Å². The van der Waals surface area contributed by atoms with Crippen molar-refractivity contribution in [2.24, 2.45) is 0 Å². The molecule has 1 aliphatic heterocycles. The van der Waals surface area contributed by atoms with Crippen LogP contribution >= 0.6 is 45.5 Å². The molecule has 0 aliphatic carbocycles. The Morgan fingerprint density at radius 1 is 1.26 bits per heavy atom. The standard InChI is InChI=1S/C23H31ClIN5O7S/c1-11-13(7-25)16(24)17(26-11)20(31)28-14-5-6-30(8-15(14)37-4)23-29-18(19(38-23)22(33)34)21(32)27-12(9-35-2)10-36-3/h12,14-15,26H,5-10H2,1-4H3,(H,27,32)(H,28,31)(H,33,34)/t14-,15+/m1/s1. The minimum atomic E-state index is -1.25. The third-order valence-corrected chi connectivity index (χ3v) is 8.44. The molecule has 15 heteroatoms. The van der Waals surface area contributed by atoms with E-state index >= 15 is 0 Å². The van der Waals surface area contributed by atoms with Crippen LogP contribution in [0.3, 0.4) is 0 Å². The number of aromatic amines is 1. The number of thiazole rings is 1. The first-order chi connectivity index (χ1) is 18.1. The number of anilines is 1. The van der Waals surface area contributed by atoms with Crippen molar-refractivity contribution in [3.05, 3.63) is 32.5 Å². The number of carbonyl (C=O) groups is 3. The van der Waals surface area contributed by atoms with Crippen molar-refractivity contribution >= 4 is 68.4 Å². The molecule has 0 radical (unpaired) electrons. The van der Waals surface area contributed by atoms with E-state index in [9.17, 15) is 19.5 Å². The highest BCUT2D eigenvalue weighted by Gasteiger charge is 2.34. The summed E-state index contributed by atoms with van der Waals surface area (Å²) < 4.78 is 16.5. The number of carbonyl (C=O) groups excluding carboxylic acids is 2. The van der Waals surface area contributed by atoms with Gasteiger partial charge in [0.1, 0.15) is 10.6 Å². The number of methoxy groups -OCH3 is 3. The number of nitrogens with zero attached hydrogens (tertiary/aromatic N) is 2. The van der Waals surface area contributed by atoms with E-state index in [1.807, 2.05) is 11.8 Å². The topological polar surface area (TPSA) is 155 Å². The quantitative estimate of drug-likeness (QED) is 0.195. The number of rotatable bonds is 12. The Bertz CT molecular complexity index is 1150. The van der Waals surface area contributed by atoms with Crippen LogP contribution in [0.15, 0.2) is 0 Å². The van der Waals surface area contributed by atoms with Gasteiger partial charge < -0.3 is 39.8 Å². The Labute approximate surface area is 242 Å². The number of aryl methyl sites for hydroxylation is 1. The molecule has 3 rings (SSSR count). The monoisotopic (exact) mass is 683 g/mol. The molecule has 1 saturated heterocycles. The van der Waals surface area contributed by atoms with E-state index < -0.39 is 24.0 Å². The number of halogens is 2. The highest BCUT2D eigenvalue weighted by atomic mass is 127. The Kier molecular flexibility index (Phi) is 11.2. The highest BCUT2D eigenvalue weighted by Crippen LogP contribution is 2.30. The zero-order valence-corrected chi connectivity index (χ0v) is 25.2.